The number of hydrogen-bond acceptors (Lipinski definition) is 4. The van der Waals surface area contributed by atoms with Crippen LogP contribution in [0.25, 0.3) is 0 Å². The maximum Gasteiger partial charge on any atom is 0.267 e. The minimum Gasteiger partial charge on any atom is -0.339 e. The molecule has 0 saturated carbocycles. The molecule has 2 aliphatic rings. The molecule has 0 radical (unpaired) electrons. The summed E-state index contributed by atoms with van der Waals surface area (Å²) in [5.74, 6) is -1.29. The van der Waals surface area contributed by atoms with E-state index in [9.17, 15) is 14.4 Å². The second kappa shape index (κ2) is 2.51. The van der Waals surface area contributed by atoms with Crippen molar-refractivity contribution in [2.24, 2.45) is 0 Å². The van der Waals surface area contributed by atoms with Gasteiger partial charge in [0.25, 0.3) is 5.91 Å². The number of allylic oxidation sites excluding steroid dienone is 1. The van der Waals surface area contributed by atoms with Crippen LogP contribution in [-0.2, 0) is 19.1 Å². The molecule has 5 heteroatoms. The first-order valence-electron chi connectivity index (χ1n) is 4.21. The molecule has 2 unspecified atom stereocenters. The van der Waals surface area contributed by atoms with Crippen LogP contribution in [0.3, 0.4) is 0 Å². The summed E-state index contributed by atoms with van der Waals surface area (Å²) >= 11 is 0. The summed E-state index contributed by atoms with van der Waals surface area (Å²) in [7, 11) is 0. The fourth-order valence-corrected chi connectivity index (χ4v) is 1.60. The highest BCUT2D eigenvalue weighted by molar-refractivity contribution is 6.23. The number of ether oxygens (including phenoxy) is 1. The number of hydrogen-bond donors (Lipinski definition) is 1. The minimum absolute atomic E-state index is 0.304. The summed E-state index contributed by atoms with van der Waals surface area (Å²) in [4.78, 5) is 33.9. The van der Waals surface area contributed by atoms with E-state index in [1.54, 1.807) is 6.92 Å². The standard InChI is InChI=1S/C9H9NO4/c1-4-3-6(12)9(8(13)10-4)7(14-9)5(2)11/h3,7H,1-2H3,(H,10,13). The van der Waals surface area contributed by atoms with E-state index in [1.165, 1.54) is 13.0 Å². The zero-order chi connectivity index (χ0) is 10.5. The van der Waals surface area contributed by atoms with E-state index in [0.717, 1.165) is 0 Å². The Labute approximate surface area is 80.1 Å². The number of rotatable bonds is 1. The van der Waals surface area contributed by atoms with Gasteiger partial charge >= 0.3 is 0 Å². The first kappa shape index (κ1) is 9.08. The molecule has 1 fully saturated rings. The van der Waals surface area contributed by atoms with Crippen molar-refractivity contribution < 1.29 is 19.1 Å². The molecule has 1 saturated heterocycles. The molecule has 2 heterocycles. The van der Waals surface area contributed by atoms with Crippen molar-refractivity contribution in [3.63, 3.8) is 0 Å². The molecule has 1 spiro atoms. The average Bonchev–Trinajstić information content (AvgIpc) is 2.76. The molecule has 2 rings (SSSR count). The maximum absolute atomic E-state index is 11.5. The SMILES string of the molecule is CC(=O)C1OC12C(=O)C=C(C)NC2=O. The normalized spacial score (nSPS) is 35.3. The van der Waals surface area contributed by atoms with Gasteiger partial charge in [0.15, 0.2) is 11.9 Å². The van der Waals surface area contributed by atoms with Gasteiger partial charge in [-0.15, -0.1) is 0 Å². The van der Waals surface area contributed by atoms with Gasteiger partial charge in [-0.1, -0.05) is 0 Å². The Morgan fingerprint density at radius 3 is 2.64 bits per heavy atom. The topological polar surface area (TPSA) is 75.8 Å². The Morgan fingerprint density at radius 2 is 2.21 bits per heavy atom. The summed E-state index contributed by atoms with van der Waals surface area (Å²) in [5.41, 5.74) is -1.07. The summed E-state index contributed by atoms with van der Waals surface area (Å²) in [6.07, 6.45) is 0.379. The largest absolute Gasteiger partial charge is 0.339 e. The highest BCUT2D eigenvalue weighted by Crippen LogP contribution is 2.40. The predicted molar refractivity (Wildman–Crippen MR) is 45.2 cm³/mol. The third-order valence-electron chi connectivity index (χ3n) is 2.35. The van der Waals surface area contributed by atoms with Gasteiger partial charge in [0.2, 0.25) is 11.4 Å². The number of Topliss-reactive ketones (excluding diaryl/α,β-unsaturated/α-hetero) is 1. The third kappa shape index (κ3) is 0.957. The second-order valence-corrected chi connectivity index (χ2v) is 3.49. The molecule has 0 aromatic carbocycles. The summed E-state index contributed by atoms with van der Waals surface area (Å²) in [6, 6.07) is 0. The number of nitrogens with one attached hydrogen (secondary N) is 1. The van der Waals surface area contributed by atoms with Gasteiger partial charge in [-0.2, -0.15) is 0 Å². The predicted octanol–water partition coefficient (Wildman–Crippen LogP) is -0.684. The lowest BCUT2D eigenvalue weighted by atomic mass is 9.93. The molecule has 2 atom stereocenters. The zero-order valence-electron chi connectivity index (χ0n) is 7.79. The Morgan fingerprint density at radius 1 is 1.57 bits per heavy atom. The molecule has 74 valence electrons. The molecule has 0 aromatic heterocycles. The van der Waals surface area contributed by atoms with Crippen molar-refractivity contribution in [1.29, 1.82) is 0 Å². The van der Waals surface area contributed by atoms with Crippen LogP contribution in [0.15, 0.2) is 11.8 Å². The van der Waals surface area contributed by atoms with Crippen molar-refractivity contribution in [2.75, 3.05) is 0 Å². The molecule has 1 N–H and O–H groups in total. The lowest BCUT2D eigenvalue weighted by molar-refractivity contribution is -0.134. The fraction of sp³-hybridized carbons (Fsp3) is 0.444. The molecule has 14 heavy (non-hydrogen) atoms. The van der Waals surface area contributed by atoms with Gasteiger partial charge in [-0.3, -0.25) is 14.4 Å². The van der Waals surface area contributed by atoms with Crippen LogP contribution in [0.1, 0.15) is 13.8 Å². The van der Waals surface area contributed by atoms with Gasteiger partial charge in [0, 0.05) is 11.8 Å². The van der Waals surface area contributed by atoms with Gasteiger partial charge in [0.05, 0.1) is 0 Å². The van der Waals surface area contributed by atoms with E-state index in [2.05, 4.69) is 5.32 Å². The van der Waals surface area contributed by atoms with E-state index < -0.39 is 23.4 Å². The van der Waals surface area contributed by atoms with E-state index in [0.29, 0.717) is 5.70 Å². The van der Waals surface area contributed by atoms with Gasteiger partial charge in [0.1, 0.15) is 0 Å². The Bertz CT molecular complexity index is 384. The van der Waals surface area contributed by atoms with Gasteiger partial charge in [-0.25, -0.2) is 0 Å². The second-order valence-electron chi connectivity index (χ2n) is 3.49. The number of carbonyl (C=O) groups is 3. The van der Waals surface area contributed by atoms with Crippen molar-refractivity contribution in [1.82, 2.24) is 5.32 Å². The van der Waals surface area contributed by atoms with Crippen molar-refractivity contribution >= 4 is 17.5 Å². The Kier molecular flexibility index (Phi) is 1.63. The van der Waals surface area contributed by atoms with Crippen molar-refractivity contribution in [3.8, 4) is 0 Å². The van der Waals surface area contributed by atoms with E-state index in [-0.39, 0.29) is 5.78 Å². The van der Waals surface area contributed by atoms with E-state index in [4.69, 9.17) is 4.74 Å². The molecule has 2 aliphatic heterocycles. The fourth-order valence-electron chi connectivity index (χ4n) is 1.60. The van der Waals surface area contributed by atoms with Crippen LogP contribution in [0, 0.1) is 0 Å². The highest BCUT2D eigenvalue weighted by Gasteiger charge is 2.70. The molecular formula is C9H9NO4. The molecule has 1 amide bonds. The monoisotopic (exact) mass is 195 g/mol. The molecule has 0 bridgehead atoms. The summed E-state index contributed by atoms with van der Waals surface area (Å²) < 4.78 is 4.92. The molecule has 0 aliphatic carbocycles. The Hall–Kier alpha value is -1.49. The van der Waals surface area contributed by atoms with Crippen LogP contribution in [0.2, 0.25) is 0 Å². The van der Waals surface area contributed by atoms with Crippen LogP contribution in [0.4, 0.5) is 0 Å². The lowest BCUT2D eigenvalue weighted by Gasteiger charge is -2.15. The smallest absolute Gasteiger partial charge is 0.267 e. The zero-order valence-corrected chi connectivity index (χ0v) is 7.79. The van der Waals surface area contributed by atoms with Crippen molar-refractivity contribution in [2.45, 2.75) is 25.6 Å². The number of epoxide rings is 1. The number of ketones is 2. The van der Waals surface area contributed by atoms with Gasteiger partial charge < -0.3 is 10.1 Å². The van der Waals surface area contributed by atoms with Gasteiger partial charge in [-0.05, 0) is 13.8 Å². The van der Waals surface area contributed by atoms with Crippen LogP contribution in [0.5, 0.6) is 0 Å². The summed E-state index contributed by atoms with van der Waals surface area (Å²) in [6.45, 7) is 2.90. The lowest BCUT2D eigenvalue weighted by Crippen LogP contribution is -2.48. The third-order valence-corrected chi connectivity index (χ3v) is 2.35. The molecule has 0 aromatic rings. The van der Waals surface area contributed by atoms with Crippen LogP contribution in [-0.4, -0.2) is 29.2 Å². The first-order valence-corrected chi connectivity index (χ1v) is 4.21. The summed E-state index contributed by atoms with van der Waals surface area (Å²) in [5, 5.41) is 2.47. The number of amides is 1. The molecular weight excluding hydrogens is 186 g/mol. The van der Waals surface area contributed by atoms with Crippen molar-refractivity contribution in [3.05, 3.63) is 11.8 Å². The first-order chi connectivity index (χ1) is 6.48. The van der Waals surface area contributed by atoms with Crippen LogP contribution < -0.4 is 5.32 Å². The Balaban J connectivity index is 2.35. The van der Waals surface area contributed by atoms with E-state index >= 15 is 0 Å². The molecule has 5 nitrogen and oxygen atoms in total. The number of carbonyl (C=O) groups excluding carboxylic acids is 3. The highest BCUT2D eigenvalue weighted by atomic mass is 16.6. The maximum atomic E-state index is 11.5. The van der Waals surface area contributed by atoms with E-state index in [1.807, 2.05) is 0 Å². The minimum atomic E-state index is -1.55. The average molecular weight is 195 g/mol. The quantitative estimate of drug-likeness (QED) is 0.444. The van der Waals surface area contributed by atoms with Crippen LogP contribution >= 0.6 is 0 Å².